The molecule has 6 nitrogen and oxygen atoms in total. The topological polar surface area (TPSA) is 78.9 Å². The van der Waals surface area contributed by atoms with Gasteiger partial charge in [0.25, 0.3) is 0 Å². The number of hydrogen-bond acceptors (Lipinski definition) is 6. The molecule has 0 heterocycles. The first-order chi connectivity index (χ1) is 30.5. The zero-order chi connectivity index (χ0) is 45.1. The SMILES string of the molecule is CC/C=C\C/C=C\C/C=C\C/C=C\C/C=C\CCCC(=O)OCC(COC(=O)CCCCCCC/C=C\CCC)OC(=O)CCCCCC/C=C\C/C=C\C/C=C\C/C=C\CC. The lowest BCUT2D eigenvalue weighted by Gasteiger charge is -2.18. The third kappa shape index (κ3) is 46.9. The third-order valence-corrected chi connectivity index (χ3v) is 9.66. The van der Waals surface area contributed by atoms with Gasteiger partial charge in [-0.05, 0) is 116 Å². The molecule has 1 unspecified atom stereocenters. The highest BCUT2D eigenvalue weighted by Gasteiger charge is 2.19. The molecule has 0 spiro atoms. The minimum atomic E-state index is -0.819. The minimum Gasteiger partial charge on any atom is -0.462 e. The molecule has 0 aliphatic carbocycles. The van der Waals surface area contributed by atoms with Crippen LogP contribution in [0.5, 0.6) is 0 Å². The average molecular weight is 857 g/mol. The predicted molar refractivity (Wildman–Crippen MR) is 265 cm³/mol. The van der Waals surface area contributed by atoms with Gasteiger partial charge in [0.2, 0.25) is 0 Å². The van der Waals surface area contributed by atoms with Gasteiger partial charge in [-0.2, -0.15) is 0 Å². The first kappa shape index (κ1) is 57.8. The lowest BCUT2D eigenvalue weighted by molar-refractivity contribution is -0.167. The average Bonchev–Trinajstić information content (AvgIpc) is 3.27. The second kappa shape index (κ2) is 49.5. The van der Waals surface area contributed by atoms with Crippen molar-refractivity contribution in [3.05, 3.63) is 122 Å². The fourth-order valence-corrected chi connectivity index (χ4v) is 6.06. The molecule has 0 aromatic carbocycles. The van der Waals surface area contributed by atoms with Gasteiger partial charge in [-0.3, -0.25) is 14.4 Å². The van der Waals surface area contributed by atoms with E-state index in [0.717, 1.165) is 135 Å². The quantitative estimate of drug-likeness (QED) is 0.0263. The molecule has 6 heteroatoms. The van der Waals surface area contributed by atoms with Gasteiger partial charge in [0.05, 0.1) is 0 Å². The van der Waals surface area contributed by atoms with Crippen molar-refractivity contribution < 1.29 is 28.6 Å². The number of allylic oxidation sites excluding steroid dienone is 20. The molecule has 62 heavy (non-hydrogen) atoms. The van der Waals surface area contributed by atoms with Gasteiger partial charge >= 0.3 is 17.9 Å². The highest BCUT2D eigenvalue weighted by atomic mass is 16.6. The van der Waals surface area contributed by atoms with E-state index < -0.39 is 6.10 Å². The molecule has 0 N–H and O–H groups in total. The summed E-state index contributed by atoms with van der Waals surface area (Å²) < 4.78 is 16.7. The Kier molecular flexibility index (Phi) is 46.1. The lowest BCUT2D eigenvalue weighted by Crippen LogP contribution is -2.30. The van der Waals surface area contributed by atoms with E-state index in [-0.39, 0.29) is 44.0 Å². The number of carbonyl (C=O) groups is 3. The first-order valence-corrected chi connectivity index (χ1v) is 24.5. The first-order valence-electron chi connectivity index (χ1n) is 24.5. The summed E-state index contributed by atoms with van der Waals surface area (Å²) in [7, 11) is 0. The van der Waals surface area contributed by atoms with Crippen molar-refractivity contribution in [1.82, 2.24) is 0 Å². The van der Waals surface area contributed by atoms with Crippen molar-refractivity contribution >= 4 is 17.9 Å². The third-order valence-electron chi connectivity index (χ3n) is 9.66. The number of hydrogen-bond donors (Lipinski definition) is 0. The Balaban J connectivity index is 4.53. The monoisotopic (exact) mass is 857 g/mol. The molecule has 0 saturated heterocycles. The van der Waals surface area contributed by atoms with Gasteiger partial charge < -0.3 is 14.2 Å². The Hall–Kier alpha value is -4.19. The van der Waals surface area contributed by atoms with Crippen molar-refractivity contribution in [2.75, 3.05) is 13.2 Å². The van der Waals surface area contributed by atoms with Crippen LogP contribution in [-0.4, -0.2) is 37.2 Å². The smallest absolute Gasteiger partial charge is 0.306 e. The van der Waals surface area contributed by atoms with Gasteiger partial charge in [-0.1, -0.05) is 181 Å². The zero-order valence-corrected chi connectivity index (χ0v) is 39.6. The van der Waals surface area contributed by atoms with Crippen LogP contribution in [0, 0.1) is 0 Å². The molecule has 0 rings (SSSR count). The summed E-state index contributed by atoms with van der Waals surface area (Å²) >= 11 is 0. The highest BCUT2D eigenvalue weighted by molar-refractivity contribution is 5.71. The van der Waals surface area contributed by atoms with Crippen LogP contribution in [0.1, 0.15) is 194 Å². The number of unbranched alkanes of at least 4 members (excludes halogenated alkanes) is 11. The van der Waals surface area contributed by atoms with E-state index in [9.17, 15) is 14.4 Å². The zero-order valence-electron chi connectivity index (χ0n) is 39.6. The predicted octanol–water partition coefficient (Wildman–Crippen LogP) is 16.1. The Morgan fingerprint density at radius 2 is 0.645 bits per heavy atom. The van der Waals surface area contributed by atoms with Gasteiger partial charge in [0.15, 0.2) is 6.10 Å². The van der Waals surface area contributed by atoms with Crippen molar-refractivity contribution in [3.63, 3.8) is 0 Å². The molecule has 0 aliphatic heterocycles. The molecule has 0 aromatic rings. The van der Waals surface area contributed by atoms with E-state index >= 15 is 0 Å². The van der Waals surface area contributed by atoms with Crippen LogP contribution < -0.4 is 0 Å². The van der Waals surface area contributed by atoms with Crippen molar-refractivity contribution in [1.29, 1.82) is 0 Å². The maximum Gasteiger partial charge on any atom is 0.306 e. The van der Waals surface area contributed by atoms with E-state index in [4.69, 9.17) is 14.2 Å². The van der Waals surface area contributed by atoms with Crippen molar-refractivity contribution in [2.45, 2.75) is 200 Å². The highest BCUT2D eigenvalue weighted by Crippen LogP contribution is 2.12. The Labute approximate surface area is 380 Å². The molecule has 348 valence electrons. The largest absolute Gasteiger partial charge is 0.462 e. The molecule has 0 saturated carbocycles. The second-order valence-electron chi connectivity index (χ2n) is 15.6. The summed E-state index contributed by atoms with van der Waals surface area (Å²) in [6.07, 6.45) is 67.6. The molecule has 0 bridgehead atoms. The maximum atomic E-state index is 12.8. The maximum absolute atomic E-state index is 12.8. The van der Waals surface area contributed by atoms with Crippen LogP contribution in [0.25, 0.3) is 0 Å². The Bertz CT molecular complexity index is 1350. The van der Waals surface area contributed by atoms with Crippen LogP contribution in [0.3, 0.4) is 0 Å². The van der Waals surface area contributed by atoms with Crippen molar-refractivity contribution in [2.24, 2.45) is 0 Å². The van der Waals surface area contributed by atoms with Crippen LogP contribution in [-0.2, 0) is 28.6 Å². The number of rotatable bonds is 42. The molecular weight excluding hydrogens is 769 g/mol. The fourth-order valence-electron chi connectivity index (χ4n) is 6.06. The molecule has 1 atom stereocenters. The van der Waals surface area contributed by atoms with E-state index in [1.165, 1.54) is 12.8 Å². The fraction of sp³-hybridized carbons (Fsp3) is 0.589. The minimum absolute atomic E-state index is 0.114. The van der Waals surface area contributed by atoms with Gasteiger partial charge in [0, 0.05) is 19.3 Å². The van der Waals surface area contributed by atoms with Crippen molar-refractivity contribution in [3.8, 4) is 0 Å². The Morgan fingerprint density at radius 3 is 1.06 bits per heavy atom. The van der Waals surface area contributed by atoms with Gasteiger partial charge in [0.1, 0.15) is 13.2 Å². The van der Waals surface area contributed by atoms with Gasteiger partial charge in [-0.25, -0.2) is 0 Å². The van der Waals surface area contributed by atoms with Crippen LogP contribution in [0.15, 0.2) is 122 Å². The van der Waals surface area contributed by atoms with Gasteiger partial charge in [-0.15, -0.1) is 0 Å². The van der Waals surface area contributed by atoms with Crippen LogP contribution >= 0.6 is 0 Å². The molecular formula is C56H88O6. The van der Waals surface area contributed by atoms with Crippen LogP contribution in [0.2, 0.25) is 0 Å². The normalized spacial score (nSPS) is 13.1. The molecule has 0 aliphatic rings. The second-order valence-corrected chi connectivity index (χ2v) is 15.6. The lowest BCUT2D eigenvalue weighted by atomic mass is 10.1. The Morgan fingerprint density at radius 1 is 0.339 bits per heavy atom. The van der Waals surface area contributed by atoms with E-state index in [2.05, 4.69) is 142 Å². The summed E-state index contributed by atoms with van der Waals surface area (Å²) in [5.74, 6) is -1.02. The molecule has 0 fully saturated rings. The standard InChI is InChI=1S/C56H88O6/c1-4-7-10-13-16-19-22-24-26-28-30-32-34-37-40-43-46-49-55(58)61-52-53(51-60-54(57)48-45-42-39-36-21-18-15-12-9-6-3)62-56(59)50-47-44-41-38-35-33-31-29-27-25-23-20-17-14-11-8-5-2/h7-8,10-12,15-17,19-20,24-27,30-33,37,40,53H,4-6,9,13-14,18,21-23,28-29,34-36,38-39,41-52H2,1-3H3/b10-7-,11-8-,15-12-,19-16-,20-17-,26-24-,27-25-,32-30-,33-31-,40-37-. The van der Waals surface area contributed by atoms with E-state index in [1.807, 2.05) is 0 Å². The summed E-state index contributed by atoms with van der Waals surface area (Å²) in [6.45, 7) is 6.24. The van der Waals surface area contributed by atoms with Crippen LogP contribution in [0.4, 0.5) is 0 Å². The number of ether oxygens (including phenoxy) is 3. The number of esters is 3. The summed E-state index contributed by atoms with van der Waals surface area (Å²) in [5, 5.41) is 0. The summed E-state index contributed by atoms with van der Waals surface area (Å²) in [6, 6.07) is 0. The van der Waals surface area contributed by atoms with E-state index in [1.54, 1.807) is 0 Å². The molecule has 0 radical (unpaired) electrons. The summed E-state index contributed by atoms with van der Waals surface area (Å²) in [4.78, 5) is 37.9. The molecule has 0 aromatic heterocycles. The van der Waals surface area contributed by atoms with E-state index in [0.29, 0.717) is 12.8 Å². The molecule has 0 amide bonds. The summed E-state index contributed by atoms with van der Waals surface area (Å²) in [5.41, 5.74) is 0. The number of carbonyl (C=O) groups excluding carboxylic acids is 3.